The maximum Gasteiger partial charge on any atom is 0.415 e. The number of rotatable bonds is 3. The lowest BCUT2D eigenvalue weighted by Crippen LogP contribution is -2.36. The van der Waals surface area contributed by atoms with Gasteiger partial charge in [0.05, 0.1) is 12.2 Å². The Balaban J connectivity index is 2.30. The zero-order valence-electron chi connectivity index (χ0n) is 13.2. The Morgan fingerprint density at radius 3 is 2.48 bits per heavy atom. The lowest BCUT2D eigenvalue weighted by Gasteiger charge is -2.27. The molecule has 4 nitrogen and oxygen atoms in total. The van der Waals surface area contributed by atoms with Crippen LogP contribution in [0.25, 0.3) is 0 Å². The van der Waals surface area contributed by atoms with Gasteiger partial charge in [-0.05, 0) is 50.6 Å². The van der Waals surface area contributed by atoms with E-state index in [1.807, 2.05) is 0 Å². The molecule has 0 fully saturated rings. The second kappa shape index (κ2) is 6.96. The van der Waals surface area contributed by atoms with Crippen LogP contribution in [0.2, 0.25) is 5.15 Å². The second-order valence-electron chi connectivity index (χ2n) is 6.03. The van der Waals surface area contributed by atoms with Crippen molar-refractivity contribution >= 4 is 23.4 Å². The van der Waals surface area contributed by atoms with Crippen LogP contribution in [0.15, 0.2) is 42.6 Å². The minimum absolute atomic E-state index is 0.232. The summed E-state index contributed by atoms with van der Waals surface area (Å²) in [6.07, 6.45) is 1.00. The Kier molecular flexibility index (Phi) is 5.21. The molecule has 1 aromatic carbocycles. The number of halogens is 2. The molecule has 1 aromatic heterocycles. The molecule has 0 aliphatic rings. The van der Waals surface area contributed by atoms with Crippen LogP contribution in [0.1, 0.15) is 26.3 Å². The van der Waals surface area contributed by atoms with E-state index in [0.717, 1.165) is 5.56 Å². The maximum atomic E-state index is 13.1. The summed E-state index contributed by atoms with van der Waals surface area (Å²) in [6.45, 7) is 5.61. The molecular formula is C17H18ClFN2O2. The second-order valence-corrected chi connectivity index (χ2v) is 6.42. The van der Waals surface area contributed by atoms with Gasteiger partial charge in [0, 0.05) is 6.20 Å². The summed E-state index contributed by atoms with van der Waals surface area (Å²) in [5.41, 5.74) is 0.698. The summed E-state index contributed by atoms with van der Waals surface area (Å²) in [5, 5.41) is 0.273. The number of amides is 1. The maximum absolute atomic E-state index is 13.1. The fourth-order valence-corrected chi connectivity index (χ4v) is 2.08. The van der Waals surface area contributed by atoms with Crippen LogP contribution in [0.3, 0.4) is 0 Å². The van der Waals surface area contributed by atoms with E-state index in [2.05, 4.69) is 4.98 Å². The first-order chi connectivity index (χ1) is 10.7. The van der Waals surface area contributed by atoms with Crippen molar-refractivity contribution in [1.29, 1.82) is 0 Å². The summed E-state index contributed by atoms with van der Waals surface area (Å²) < 4.78 is 18.5. The average molecular weight is 337 g/mol. The average Bonchev–Trinajstić information content (AvgIpc) is 2.44. The number of benzene rings is 1. The molecule has 0 atom stereocenters. The molecule has 1 amide bonds. The largest absolute Gasteiger partial charge is 0.443 e. The van der Waals surface area contributed by atoms with Gasteiger partial charge in [0.25, 0.3) is 0 Å². The number of hydrogen-bond donors (Lipinski definition) is 0. The number of aromatic nitrogens is 1. The Labute approximate surface area is 139 Å². The van der Waals surface area contributed by atoms with Gasteiger partial charge < -0.3 is 4.74 Å². The quantitative estimate of drug-likeness (QED) is 0.755. The first-order valence-electron chi connectivity index (χ1n) is 7.11. The highest BCUT2D eigenvalue weighted by Crippen LogP contribution is 2.22. The van der Waals surface area contributed by atoms with Gasteiger partial charge in [-0.15, -0.1) is 0 Å². The first-order valence-corrected chi connectivity index (χ1v) is 7.49. The Morgan fingerprint density at radius 2 is 1.91 bits per heavy atom. The summed E-state index contributed by atoms with van der Waals surface area (Å²) in [6, 6.07) is 9.18. The molecule has 1 heterocycles. The van der Waals surface area contributed by atoms with Gasteiger partial charge in [0.15, 0.2) is 0 Å². The molecule has 0 N–H and O–H groups in total. The smallest absolute Gasteiger partial charge is 0.415 e. The summed E-state index contributed by atoms with van der Waals surface area (Å²) in [5.74, 6) is -0.329. The van der Waals surface area contributed by atoms with Crippen LogP contribution < -0.4 is 4.90 Å². The van der Waals surface area contributed by atoms with Crippen LogP contribution >= 0.6 is 11.6 Å². The first kappa shape index (κ1) is 17.2. The van der Waals surface area contributed by atoms with Crippen LogP contribution in [-0.2, 0) is 11.3 Å². The van der Waals surface area contributed by atoms with E-state index in [1.165, 1.54) is 23.2 Å². The summed E-state index contributed by atoms with van der Waals surface area (Å²) >= 11 is 5.91. The van der Waals surface area contributed by atoms with E-state index in [0.29, 0.717) is 5.69 Å². The molecular weight excluding hydrogens is 319 g/mol. The lowest BCUT2D eigenvalue weighted by molar-refractivity contribution is 0.0577. The van der Waals surface area contributed by atoms with Crippen molar-refractivity contribution in [3.63, 3.8) is 0 Å². The van der Waals surface area contributed by atoms with E-state index in [1.54, 1.807) is 45.0 Å². The Hall–Kier alpha value is -2.14. The molecule has 2 aromatic rings. The van der Waals surface area contributed by atoms with Gasteiger partial charge >= 0.3 is 6.09 Å². The van der Waals surface area contributed by atoms with Crippen molar-refractivity contribution in [2.45, 2.75) is 32.9 Å². The van der Waals surface area contributed by atoms with E-state index < -0.39 is 11.7 Å². The minimum atomic E-state index is -0.630. The molecule has 122 valence electrons. The van der Waals surface area contributed by atoms with Crippen molar-refractivity contribution in [3.05, 3.63) is 59.1 Å². The summed E-state index contributed by atoms with van der Waals surface area (Å²) in [7, 11) is 0. The molecule has 0 spiro atoms. The Bertz CT molecular complexity index is 684. The minimum Gasteiger partial charge on any atom is -0.443 e. The number of ether oxygens (including phenoxy) is 1. The molecule has 2 rings (SSSR count). The number of pyridine rings is 1. The highest BCUT2D eigenvalue weighted by molar-refractivity contribution is 6.29. The molecule has 23 heavy (non-hydrogen) atoms. The van der Waals surface area contributed by atoms with Crippen LogP contribution in [0.4, 0.5) is 14.9 Å². The van der Waals surface area contributed by atoms with E-state index in [-0.39, 0.29) is 17.5 Å². The van der Waals surface area contributed by atoms with E-state index >= 15 is 0 Å². The molecule has 0 aliphatic carbocycles. The molecule has 0 radical (unpaired) electrons. The Morgan fingerprint density at radius 1 is 1.26 bits per heavy atom. The van der Waals surface area contributed by atoms with E-state index in [9.17, 15) is 9.18 Å². The van der Waals surface area contributed by atoms with Gasteiger partial charge in [0.1, 0.15) is 16.6 Å². The lowest BCUT2D eigenvalue weighted by atomic mass is 10.2. The van der Waals surface area contributed by atoms with Gasteiger partial charge in [-0.25, -0.2) is 14.2 Å². The van der Waals surface area contributed by atoms with Crippen LogP contribution in [0, 0.1) is 5.82 Å². The molecule has 0 bridgehead atoms. The van der Waals surface area contributed by atoms with Crippen molar-refractivity contribution < 1.29 is 13.9 Å². The van der Waals surface area contributed by atoms with Gasteiger partial charge in [0.2, 0.25) is 0 Å². The number of nitrogens with zero attached hydrogens (tertiary/aromatic N) is 2. The number of hydrogen-bond acceptors (Lipinski definition) is 3. The SMILES string of the molecule is CC(C)(C)OC(=O)N(Cc1ccc(F)cc1)c1ccnc(Cl)c1. The fraction of sp³-hybridized carbons (Fsp3) is 0.294. The topological polar surface area (TPSA) is 42.4 Å². The van der Waals surface area contributed by atoms with Crippen molar-refractivity contribution in [2.75, 3.05) is 4.90 Å². The summed E-state index contributed by atoms with van der Waals surface area (Å²) in [4.78, 5) is 17.9. The third-order valence-corrected chi connectivity index (χ3v) is 3.10. The third-order valence-electron chi connectivity index (χ3n) is 2.89. The zero-order chi connectivity index (χ0) is 17.0. The molecule has 0 saturated heterocycles. The number of carbonyl (C=O) groups excluding carboxylic acids is 1. The molecule has 0 aliphatic heterocycles. The molecule has 0 unspecified atom stereocenters. The van der Waals surface area contributed by atoms with Crippen molar-refractivity contribution in [3.8, 4) is 0 Å². The molecule has 6 heteroatoms. The highest BCUT2D eigenvalue weighted by atomic mass is 35.5. The number of anilines is 1. The van der Waals surface area contributed by atoms with Crippen molar-refractivity contribution in [2.24, 2.45) is 0 Å². The normalized spacial score (nSPS) is 11.2. The van der Waals surface area contributed by atoms with E-state index in [4.69, 9.17) is 16.3 Å². The van der Waals surface area contributed by atoms with Crippen LogP contribution in [-0.4, -0.2) is 16.7 Å². The highest BCUT2D eigenvalue weighted by Gasteiger charge is 2.24. The van der Waals surface area contributed by atoms with Gasteiger partial charge in [-0.2, -0.15) is 0 Å². The standard InChI is InChI=1S/C17H18ClFN2O2/c1-17(2,3)23-16(22)21(14-8-9-20-15(18)10-14)11-12-4-6-13(19)7-5-12/h4-10H,11H2,1-3H3. The predicted molar refractivity (Wildman–Crippen MR) is 88.1 cm³/mol. The van der Waals surface area contributed by atoms with Gasteiger partial charge in [-0.1, -0.05) is 23.7 Å². The monoisotopic (exact) mass is 336 g/mol. The zero-order valence-corrected chi connectivity index (χ0v) is 14.0. The van der Waals surface area contributed by atoms with Crippen molar-refractivity contribution in [1.82, 2.24) is 4.98 Å². The third kappa shape index (κ3) is 5.21. The fourth-order valence-electron chi connectivity index (χ4n) is 1.91. The number of carbonyl (C=O) groups is 1. The molecule has 0 saturated carbocycles. The predicted octanol–water partition coefficient (Wildman–Crippen LogP) is 4.82. The van der Waals surface area contributed by atoms with Gasteiger partial charge in [-0.3, -0.25) is 4.90 Å². The van der Waals surface area contributed by atoms with Crippen LogP contribution in [0.5, 0.6) is 0 Å².